The van der Waals surface area contributed by atoms with Crippen LogP contribution in [0.2, 0.25) is 0 Å². The Morgan fingerprint density at radius 2 is 1.86 bits per heavy atom. The molecule has 14 heavy (non-hydrogen) atoms. The van der Waals surface area contributed by atoms with Gasteiger partial charge in [-0.1, -0.05) is 37.6 Å². The van der Waals surface area contributed by atoms with Gasteiger partial charge in [0.1, 0.15) is 0 Å². The lowest BCUT2D eigenvalue weighted by Crippen LogP contribution is -2.12. The van der Waals surface area contributed by atoms with Crippen LogP contribution < -0.4 is 0 Å². The lowest BCUT2D eigenvalue weighted by Gasteiger charge is -2.17. The van der Waals surface area contributed by atoms with Gasteiger partial charge in [-0.15, -0.1) is 0 Å². The molecule has 0 aliphatic carbocycles. The normalized spacial score (nSPS) is 11.4. The Morgan fingerprint density at radius 1 is 1.21 bits per heavy atom. The summed E-state index contributed by atoms with van der Waals surface area (Å²) in [5, 5.41) is 0. The molecule has 0 unspecified atom stereocenters. The molecule has 0 N–H and O–H groups in total. The molecule has 0 atom stereocenters. The zero-order valence-electron chi connectivity index (χ0n) is 9.96. The second-order valence-electron chi connectivity index (χ2n) is 4.59. The largest absolute Gasteiger partial charge is 0.305 e. The van der Waals surface area contributed by atoms with Crippen molar-refractivity contribution < 1.29 is 0 Å². The molecule has 0 amide bonds. The van der Waals surface area contributed by atoms with E-state index in [4.69, 9.17) is 0 Å². The summed E-state index contributed by atoms with van der Waals surface area (Å²) < 4.78 is 0. The van der Waals surface area contributed by atoms with Crippen molar-refractivity contribution in [3.05, 3.63) is 34.9 Å². The van der Waals surface area contributed by atoms with Crippen LogP contribution in [0.25, 0.3) is 0 Å². The Hall–Kier alpha value is -0.820. The van der Waals surface area contributed by atoms with Crippen LogP contribution in [0.4, 0.5) is 0 Å². The highest BCUT2D eigenvalue weighted by Gasteiger charge is 2.07. The molecule has 1 aromatic rings. The molecule has 0 saturated carbocycles. The summed E-state index contributed by atoms with van der Waals surface area (Å²) in [6.07, 6.45) is 0. The van der Waals surface area contributed by atoms with Crippen molar-refractivity contribution in [1.82, 2.24) is 4.90 Å². The third-order valence-corrected chi connectivity index (χ3v) is 2.41. The molecule has 0 aliphatic rings. The van der Waals surface area contributed by atoms with Gasteiger partial charge < -0.3 is 4.90 Å². The van der Waals surface area contributed by atoms with Gasteiger partial charge in [0.05, 0.1) is 0 Å². The second-order valence-corrected chi connectivity index (χ2v) is 4.59. The van der Waals surface area contributed by atoms with Crippen LogP contribution in [0, 0.1) is 6.92 Å². The number of hydrogen-bond donors (Lipinski definition) is 0. The molecule has 0 heterocycles. The van der Waals surface area contributed by atoms with Crippen LogP contribution in [0.3, 0.4) is 0 Å². The lowest BCUT2D eigenvalue weighted by molar-refractivity contribution is 0.400. The Kier molecular flexibility index (Phi) is 3.70. The van der Waals surface area contributed by atoms with Gasteiger partial charge >= 0.3 is 0 Å². The van der Waals surface area contributed by atoms with Crippen LogP contribution in [0.15, 0.2) is 18.2 Å². The summed E-state index contributed by atoms with van der Waals surface area (Å²) >= 11 is 0. The van der Waals surface area contributed by atoms with Gasteiger partial charge in [-0.3, -0.25) is 0 Å². The van der Waals surface area contributed by atoms with Crippen molar-refractivity contribution in [3.8, 4) is 0 Å². The van der Waals surface area contributed by atoms with Crippen LogP contribution in [-0.4, -0.2) is 19.0 Å². The van der Waals surface area contributed by atoms with Gasteiger partial charge in [0.15, 0.2) is 0 Å². The first-order valence-electron chi connectivity index (χ1n) is 5.25. The number of rotatable bonds is 3. The molecule has 1 nitrogen and oxygen atoms in total. The van der Waals surface area contributed by atoms with E-state index in [2.05, 4.69) is 58.0 Å². The minimum absolute atomic E-state index is 0.616. The maximum atomic E-state index is 2.31. The quantitative estimate of drug-likeness (QED) is 0.709. The average Bonchev–Trinajstić information content (AvgIpc) is 2.07. The second kappa shape index (κ2) is 4.61. The van der Waals surface area contributed by atoms with Crippen LogP contribution in [0.1, 0.15) is 36.5 Å². The van der Waals surface area contributed by atoms with Gasteiger partial charge in [0.25, 0.3) is 0 Å². The number of hydrogen-bond acceptors (Lipinski definition) is 1. The highest BCUT2D eigenvalue weighted by atomic mass is 15.0. The third-order valence-electron chi connectivity index (χ3n) is 2.41. The Labute approximate surface area is 87.7 Å². The van der Waals surface area contributed by atoms with E-state index < -0.39 is 0 Å². The lowest BCUT2D eigenvalue weighted by atomic mass is 9.95. The third kappa shape index (κ3) is 2.85. The first-order chi connectivity index (χ1) is 6.50. The van der Waals surface area contributed by atoms with Gasteiger partial charge in [-0.25, -0.2) is 0 Å². The molecule has 0 spiro atoms. The summed E-state index contributed by atoms with van der Waals surface area (Å²) in [6, 6.07) is 6.76. The fourth-order valence-corrected chi connectivity index (χ4v) is 1.74. The zero-order valence-corrected chi connectivity index (χ0v) is 9.96. The predicted molar refractivity (Wildman–Crippen MR) is 62.7 cm³/mol. The van der Waals surface area contributed by atoms with E-state index >= 15 is 0 Å². The summed E-state index contributed by atoms with van der Waals surface area (Å²) in [7, 11) is 4.23. The number of aryl methyl sites for hydroxylation is 1. The van der Waals surface area contributed by atoms with Crippen molar-refractivity contribution in [2.24, 2.45) is 0 Å². The number of benzene rings is 1. The standard InChI is InChI=1S/C13H21N/c1-10(2)13-8-11(3)6-7-12(13)9-14(4)5/h6-8,10H,9H2,1-5H3. The van der Waals surface area contributed by atoms with Crippen molar-refractivity contribution in [3.63, 3.8) is 0 Å². The fourth-order valence-electron chi connectivity index (χ4n) is 1.74. The van der Waals surface area contributed by atoms with Crippen LogP contribution in [0.5, 0.6) is 0 Å². The molecule has 78 valence electrons. The molecule has 0 bridgehead atoms. The molecule has 0 saturated heterocycles. The zero-order chi connectivity index (χ0) is 10.7. The van der Waals surface area contributed by atoms with Crippen molar-refractivity contribution in [2.75, 3.05) is 14.1 Å². The molecule has 0 aliphatic heterocycles. The van der Waals surface area contributed by atoms with E-state index in [9.17, 15) is 0 Å². The maximum absolute atomic E-state index is 2.31. The molecular weight excluding hydrogens is 170 g/mol. The van der Waals surface area contributed by atoms with Gasteiger partial charge in [-0.05, 0) is 38.1 Å². The fraction of sp³-hybridized carbons (Fsp3) is 0.538. The van der Waals surface area contributed by atoms with Crippen molar-refractivity contribution in [2.45, 2.75) is 33.2 Å². The maximum Gasteiger partial charge on any atom is 0.0230 e. The molecule has 1 aromatic carbocycles. The van der Waals surface area contributed by atoms with E-state index in [1.165, 1.54) is 16.7 Å². The van der Waals surface area contributed by atoms with Crippen LogP contribution in [-0.2, 0) is 6.54 Å². The first-order valence-corrected chi connectivity index (χ1v) is 5.25. The predicted octanol–water partition coefficient (Wildman–Crippen LogP) is 3.18. The van der Waals surface area contributed by atoms with Crippen molar-refractivity contribution >= 4 is 0 Å². The summed E-state index contributed by atoms with van der Waals surface area (Å²) in [5.74, 6) is 0.616. The highest BCUT2D eigenvalue weighted by molar-refractivity contribution is 5.33. The minimum Gasteiger partial charge on any atom is -0.305 e. The van der Waals surface area contributed by atoms with Gasteiger partial charge in [-0.2, -0.15) is 0 Å². The van der Waals surface area contributed by atoms with Crippen LogP contribution >= 0.6 is 0 Å². The smallest absolute Gasteiger partial charge is 0.0230 e. The Bertz CT molecular complexity index is 300. The molecule has 0 fully saturated rings. The Morgan fingerprint density at radius 3 is 2.36 bits per heavy atom. The summed E-state index contributed by atoms with van der Waals surface area (Å²) in [6.45, 7) is 7.71. The SMILES string of the molecule is Cc1ccc(CN(C)C)c(C(C)C)c1. The molecular formula is C13H21N. The molecule has 1 heteroatoms. The minimum atomic E-state index is 0.616. The first kappa shape index (κ1) is 11.3. The monoisotopic (exact) mass is 191 g/mol. The van der Waals surface area contributed by atoms with E-state index in [1.807, 2.05) is 0 Å². The molecule has 0 aromatic heterocycles. The topological polar surface area (TPSA) is 3.24 Å². The summed E-state index contributed by atoms with van der Waals surface area (Å²) in [5.41, 5.74) is 4.30. The molecule has 1 rings (SSSR count). The highest BCUT2D eigenvalue weighted by Crippen LogP contribution is 2.21. The Balaban J connectivity index is 3.02. The van der Waals surface area contributed by atoms with E-state index in [-0.39, 0.29) is 0 Å². The van der Waals surface area contributed by atoms with E-state index in [1.54, 1.807) is 0 Å². The van der Waals surface area contributed by atoms with Gasteiger partial charge in [0, 0.05) is 6.54 Å². The molecule has 0 radical (unpaired) electrons. The van der Waals surface area contributed by atoms with Crippen molar-refractivity contribution in [1.29, 1.82) is 0 Å². The average molecular weight is 191 g/mol. The van der Waals surface area contributed by atoms with E-state index in [0.29, 0.717) is 5.92 Å². The number of nitrogens with zero attached hydrogens (tertiary/aromatic N) is 1. The summed E-state index contributed by atoms with van der Waals surface area (Å²) in [4.78, 5) is 2.22. The van der Waals surface area contributed by atoms with Gasteiger partial charge in [0.2, 0.25) is 0 Å². The van der Waals surface area contributed by atoms with E-state index in [0.717, 1.165) is 6.54 Å².